The summed E-state index contributed by atoms with van der Waals surface area (Å²) in [5.74, 6) is -0.0468. The summed E-state index contributed by atoms with van der Waals surface area (Å²) >= 11 is 4.56. The van der Waals surface area contributed by atoms with Crippen molar-refractivity contribution in [1.82, 2.24) is 10.1 Å². The van der Waals surface area contributed by atoms with Gasteiger partial charge in [0.15, 0.2) is 6.10 Å². The Balaban J connectivity index is 2.12. The van der Waals surface area contributed by atoms with Crippen LogP contribution in [0.25, 0.3) is 10.7 Å². The Hall–Kier alpha value is -0.930. The van der Waals surface area contributed by atoms with Crippen molar-refractivity contribution in [2.75, 3.05) is 0 Å². The summed E-state index contributed by atoms with van der Waals surface area (Å²) in [4.78, 5) is 4.46. The zero-order valence-electron chi connectivity index (χ0n) is 8.61. The molecule has 1 N–H and O–H groups in total. The number of alkyl halides is 3. The Kier molecular flexibility index (Phi) is 3.74. The average Bonchev–Trinajstić information content (AvgIpc) is 2.85. The van der Waals surface area contributed by atoms with E-state index in [1.54, 1.807) is 11.4 Å². The lowest BCUT2D eigenvalue weighted by atomic mass is 10.2. The first-order valence-electron chi connectivity index (χ1n) is 4.68. The fourth-order valence-corrected chi connectivity index (χ4v) is 2.50. The summed E-state index contributed by atoms with van der Waals surface area (Å²) in [6.45, 7) is 0. The molecule has 0 aliphatic rings. The van der Waals surface area contributed by atoms with E-state index in [2.05, 4.69) is 30.6 Å². The van der Waals surface area contributed by atoms with Crippen LogP contribution in [0.1, 0.15) is 5.89 Å². The summed E-state index contributed by atoms with van der Waals surface area (Å²) in [5.41, 5.74) is 0. The van der Waals surface area contributed by atoms with Gasteiger partial charge in [0.05, 0.1) is 11.3 Å². The van der Waals surface area contributed by atoms with Crippen LogP contribution in [-0.2, 0) is 6.42 Å². The fourth-order valence-electron chi connectivity index (χ4n) is 1.15. The molecule has 1 atom stereocenters. The highest BCUT2D eigenvalue weighted by Crippen LogP contribution is 2.28. The fraction of sp³-hybridized carbons (Fsp3) is 0.333. The van der Waals surface area contributed by atoms with Gasteiger partial charge in [-0.25, -0.2) is 0 Å². The van der Waals surface area contributed by atoms with E-state index in [0.717, 1.165) is 4.47 Å². The zero-order chi connectivity index (χ0) is 13.3. The molecule has 0 fully saturated rings. The van der Waals surface area contributed by atoms with Gasteiger partial charge in [-0.1, -0.05) is 5.16 Å². The maximum atomic E-state index is 12.1. The zero-order valence-corrected chi connectivity index (χ0v) is 11.0. The minimum Gasteiger partial charge on any atom is -0.383 e. The molecule has 2 aromatic heterocycles. The van der Waals surface area contributed by atoms with E-state index >= 15 is 0 Å². The molecule has 0 aliphatic heterocycles. The number of rotatable bonds is 3. The van der Waals surface area contributed by atoms with Gasteiger partial charge in [0.2, 0.25) is 11.7 Å². The van der Waals surface area contributed by atoms with Gasteiger partial charge in [-0.3, -0.25) is 0 Å². The molecule has 2 aromatic rings. The van der Waals surface area contributed by atoms with Gasteiger partial charge in [0.1, 0.15) is 0 Å². The van der Waals surface area contributed by atoms with Crippen LogP contribution in [0.2, 0.25) is 0 Å². The number of hydrogen-bond acceptors (Lipinski definition) is 5. The Labute approximate surface area is 112 Å². The van der Waals surface area contributed by atoms with Crippen LogP contribution in [0.15, 0.2) is 20.4 Å². The molecule has 9 heteroatoms. The third-order valence-electron chi connectivity index (χ3n) is 2.00. The van der Waals surface area contributed by atoms with Crippen molar-refractivity contribution in [3.8, 4) is 10.7 Å². The summed E-state index contributed by atoms with van der Waals surface area (Å²) in [5, 5.41) is 14.2. The standard InChI is InChI=1S/C9H6BrF3N2O2S/c10-4-1-5(18-3-4)8-14-7(17-15-8)2-6(16)9(11,12)13/h1,3,6,16H,2H2. The Morgan fingerprint density at radius 3 is 2.78 bits per heavy atom. The maximum Gasteiger partial charge on any atom is 0.414 e. The molecular weight excluding hydrogens is 337 g/mol. The van der Waals surface area contributed by atoms with Gasteiger partial charge in [-0.2, -0.15) is 18.2 Å². The van der Waals surface area contributed by atoms with Gasteiger partial charge >= 0.3 is 6.18 Å². The van der Waals surface area contributed by atoms with Crippen molar-refractivity contribution in [1.29, 1.82) is 0 Å². The minimum atomic E-state index is -4.69. The first-order valence-corrected chi connectivity index (χ1v) is 6.35. The molecule has 4 nitrogen and oxygen atoms in total. The van der Waals surface area contributed by atoms with E-state index in [1.165, 1.54) is 11.3 Å². The highest BCUT2D eigenvalue weighted by Gasteiger charge is 2.39. The first-order chi connectivity index (χ1) is 8.36. The second-order valence-corrected chi connectivity index (χ2v) is 5.23. The number of nitrogens with zero attached hydrogens (tertiary/aromatic N) is 2. The Morgan fingerprint density at radius 2 is 2.22 bits per heavy atom. The van der Waals surface area contributed by atoms with Crippen molar-refractivity contribution in [2.24, 2.45) is 0 Å². The van der Waals surface area contributed by atoms with E-state index in [0.29, 0.717) is 4.88 Å². The molecule has 0 amide bonds. The van der Waals surface area contributed by atoms with Crippen LogP contribution in [0.3, 0.4) is 0 Å². The molecule has 2 rings (SSSR count). The van der Waals surface area contributed by atoms with Gasteiger partial charge < -0.3 is 9.63 Å². The molecule has 0 bridgehead atoms. The third kappa shape index (κ3) is 3.09. The van der Waals surface area contributed by atoms with Crippen LogP contribution in [0.5, 0.6) is 0 Å². The predicted molar refractivity (Wildman–Crippen MR) is 61.1 cm³/mol. The lowest BCUT2D eigenvalue weighted by Crippen LogP contribution is -2.30. The normalized spacial score (nSPS) is 13.8. The van der Waals surface area contributed by atoms with Crippen molar-refractivity contribution in [3.05, 3.63) is 21.8 Å². The Morgan fingerprint density at radius 1 is 1.50 bits per heavy atom. The quantitative estimate of drug-likeness (QED) is 0.931. The molecule has 0 aromatic carbocycles. The lowest BCUT2D eigenvalue weighted by Gasteiger charge is -2.11. The van der Waals surface area contributed by atoms with Crippen molar-refractivity contribution in [2.45, 2.75) is 18.7 Å². The maximum absolute atomic E-state index is 12.1. The molecule has 98 valence electrons. The molecule has 18 heavy (non-hydrogen) atoms. The number of aliphatic hydroxyl groups is 1. The van der Waals surface area contributed by atoms with Crippen LogP contribution in [-0.4, -0.2) is 27.5 Å². The van der Waals surface area contributed by atoms with Crippen molar-refractivity contribution < 1.29 is 22.8 Å². The largest absolute Gasteiger partial charge is 0.414 e. The van der Waals surface area contributed by atoms with Gasteiger partial charge in [-0.05, 0) is 22.0 Å². The van der Waals surface area contributed by atoms with E-state index in [1.807, 2.05) is 0 Å². The molecule has 0 saturated carbocycles. The molecule has 1 unspecified atom stereocenters. The molecule has 0 aliphatic carbocycles. The second kappa shape index (κ2) is 4.98. The summed E-state index contributed by atoms with van der Waals surface area (Å²) < 4.78 is 41.9. The molecule has 0 saturated heterocycles. The predicted octanol–water partition coefficient (Wildman–Crippen LogP) is 3.03. The molecule has 0 spiro atoms. The smallest absolute Gasteiger partial charge is 0.383 e. The minimum absolute atomic E-state index is 0.204. The Bertz CT molecular complexity index is 540. The molecule has 2 heterocycles. The first kappa shape index (κ1) is 13.5. The second-order valence-electron chi connectivity index (χ2n) is 3.40. The van der Waals surface area contributed by atoms with Crippen molar-refractivity contribution >= 4 is 27.3 Å². The van der Waals surface area contributed by atoms with Crippen molar-refractivity contribution in [3.63, 3.8) is 0 Å². The van der Waals surface area contributed by atoms with Crippen LogP contribution in [0, 0.1) is 0 Å². The summed E-state index contributed by atoms with van der Waals surface area (Å²) in [7, 11) is 0. The SMILES string of the molecule is OC(Cc1nc(-c2cc(Br)cs2)no1)C(F)(F)F. The number of hydrogen-bond donors (Lipinski definition) is 1. The highest BCUT2D eigenvalue weighted by atomic mass is 79.9. The summed E-state index contributed by atoms with van der Waals surface area (Å²) in [6.07, 6.45) is -7.94. The lowest BCUT2D eigenvalue weighted by molar-refractivity contribution is -0.204. The highest BCUT2D eigenvalue weighted by molar-refractivity contribution is 9.10. The number of halogens is 4. The summed E-state index contributed by atoms with van der Waals surface area (Å²) in [6, 6.07) is 1.72. The average molecular weight is 343 g/mol. The molecular formula is C9H6BrF3N2O2S. The molecule has 0 radical (unpaired) electrons. The van der Waals surface area contributed by atoms with Crippen LogP contribution in [0.4, 0.5) is 13.2 Å². The number of aliphatic hydroxyl groups excluding tert-OH is 1. The number of aromatic nitrogens is 2. The van der Waals surface area contributed by atoms with Gasteiger partial charge in [0, 0.05) is 9.85 Å². The van der Waals surface area contributed by atoms with Crippen LogP contribution >= 0.6 is 27.3 Å². The van der Waals surface area contributed by atoms with Gasteiger partial charge in [-0.15, -0.1) is 11.3 Å². The van der Waals surface area contributed by atoms with Gasteiger partial charge in [0.25, 0.3) is 0 Å². The van der Waals surface area contributed by atoms with E-state index in [-0.39, 0.29) is 11.7 Å². The third-order valence-corrected chi connectivity index (χ3v) is 3.69. The monoisotopic (exact) mass is 342 g/mol. The van der Waals surface area contributed by atoms with E-state index in [9.17, 15) is 13.2 Å². The van der Waals surface area contributed by atoms with Crippen LogP contribution < -0.4 is 0 Å². The number of thiophene rings is 1. The van der Waals surface area contributed by atoms with E-state index in [4.69, 9.17) is 5.11 Å². The topological polar surface area (TPSA) is 59.2 Å². The van der Waals surface area contributed by atoms with E-state index < -0.39 is 18.7 Å².